The summed E-state index contributed by atoms with van der Waals surface area (Å²) in [6, 6.07) is 10.5. The molecule has 0 aliphatic heterocycles. The summed E-state index contributed by atoms with van der Waals surface area (Å²) in [5.74, 6) is -2.35. The number of hydrogen-bond donors (Lipinski definition) is 1. The van der Waals surface area contributed by atoms with Crippen molar-refractivity contribution >= 4 is 17.6 Å². The number of ether oxygens (including phenoxy) is 1. The highest BCUT2D eigenvalue weighted by Gasteiger charge is 2.27. The third kappa shape index (κ3) is 4.85. The number of nitro benzene ring substituents is 1. The average molecular weight is 360 g/mol. The van der Waals surface area contributed by atoms with Crippen LogP contribution in [-0.4, -0.2) is 29.4 Å². The van der Waals surface area contributed by atoms with Gasteiger partial charge in [0.05, 0.1) is 17.6 Å². The molecule has 2 aromatic rings. The Balaban J connectivity index is 2.26. The van der Waals surface area contributed by atoms with Crippen molar-refractivity contribution in [2.45, 2.75) is 19.4 Å². The van der Waals surface area contributed by atoms with E-state index in [0.29, 0.717) is 6.07 Å². The normalized spacial score (nSPS) is 11.5. The Kier molecular flexibility index (Phi) is 6.37. The van der Waals surface area contributed by atoms with Crippen LogP contribution < -0.4 is 5.32 Å². The van der Waals surface area contributed by atoms with E-state index in [-0.39, 0.29) is 18.6 Å². The molecule has 0 aromatic heterocycles. The van der Waals surface area contributed by atoms with E-state index in [1.54, 1.807) is 31.2 Å². The number of benzene rings is 2. The third-order valence-electron chi connectivity index (χ3n) is 3.56. The van der Waals surface area contributed by atoms with Gasteiger partial charge in [-0.25, -0.2) is 9.18 Å². The van der Waals surface area contributed by atoms with Crippen LogP contribution >= 0.6 is 0 Å². The minimum Gasteiger partial charge on any atom is -0.464 e. The van der Waals surface area contributed by atoms with Crippen molar-refractivity contribution in [3.8, 4) is 0 Å². The van der Waals surface area contributed by atoms with Crippen molar-refractivity contribution in [1.82, 2.24) is 5.32 Å². The molecule has 7 nitrogen and oxygen atoms in total. The summed E-state index contributed by atoms with van der Waals surface area (Å²) in [7, 11) is 0. The van der Waals surface area contributed by atoms with Crippen LogP contribution in [0.3, 0.4) is 0 Å². The lowest BCUT2D eigenvalue weighted by Gasteiger charge is -2.17. The van der Waals surface area contributed by atoms with Gasteiger partial charge in [-0.1, -0.05) is 30.3 Å². The molecule has 0 aliphatic carbocycles. The Bertz CT molecular complexity index is 810. The first-order valence-electron chi connectivity index (χ1n) is 7.87. The first-order chi connectivity index (χ1) is 12.4. The van der Waals surface area contributed by atoms with Crippen LogP contribution in [0.25, 0.3) is 0 Å². The van der Waals surface area contributed by atoms with Gasteiger partial charge in [0.25, 0.3) is 11.6 Å². The van der Waals surface area contributed by atoms with E-state index in [1.807, 2.05) is 6.07 Å². The maximum atomic E-state index is 13.2. The number of amides is 1. The lowest BCUT2D eigenvalue weighted by molar-refractivity contribution is -0.385. The number of esters is 1. The largest absolute Gasteiger partial charge is 0.464 e. The summed E-state index contributed by atoms with van der Waals surface area (Å²) in [5, 5.41) is 13.5. The quantitative estimate of drug-likeness (QED) is 0.465. The Labute approximate surface area is 148 Å². The van der Waals surface area contributed by atoms with Crippen molar-refractivity contribution in [3.63, 3.8) is 0 Å². The van der Waals surface area contributed by atoms with Gasteiger partial charge in [0.1, 0.15) is 17.4 Å². The van der Waals surface area contributed by atoms with E-state index < -0.39 is 34.3 Å². The minimum absolute atomic E-state index is 0.122. The van der Waals surface area contributed by atoms with E-state index in [1.165, 1.54) is 0 Å². The lowest BCUT2D eigenvalue weighted by atomic mass is 10.0. The van der Waals surface area contributed by atoms with E-state index >= 15 is 0 Å². The Morgan fingerprint density at radius 1 is 1.23 bits per heavy atom. The highest BCUT2D eigenvalue weighted by atomic mass is 19.1. The molecule has 0 radical (unpaired) electrons. The van der Waals surface area contributed by atoms with Crippen LogP contribution in [0.4, 0.5) is 10.1 Å². The van der Waals surface area contributed by atoms with E-state index in [0.717, 1.165) is 17.7 Å². The molecule has 26 heavy (non-hydrogen) atoms. The second-order valence-electron chi connectivity index (χ2n) is 5.39. The second kappa shape index (κ2) is 8.70. The molecule has 0 fully saturated rings. The molecule has 0 aliphatic rings. The zero-order valence-corrected chi connectivity index (χ0v) is 14.0. The van der Waals surface area contributed by atoms with Crippen LogP contribution in [0, 0.1) is 15.9 Å². The summed E-state index contributed by atoms with van der Waals surface area (Å²) in [4.78, 5) is 34.8. The average Bonchev–Trinajstić information content (AvgIpc) is 2.62. The molecule has 136 valence electrons. The molecule has 1 atom stereocenters. The second-order valence-corrected chi connectivity index (χ2v) is 5.39. The highest BCUT2D eigenvalue weighted by Crippen LogP contribution is 2.20. The minimum atomic E-state index is -1.03. The van der Waals surface area contributed by atoms with Crippen LogP contribution in [0.15, 0.2) is 48.5 Å². The number of carbonyl (C=O) groups excluding carboxylic acids is 2. The van der Waals surface area contributed by atoms with Gasteiger partial charge in [0, 0.05) is 6.42 Å². The molecule has 0 saturated heterocycles. The van der Waals surface area contributed by atoms with Gasteiger partial charge in [0.2, 0.25) is 0 Å². The number of carbonyl (C=O) groups is 2. The zero-order valence-electron chi connectivity index (χ0n) is 14.0. The number of hydrogen-bond acceptors (Lipinski definition) is 5. The number of nitrogens with one attached hydrogen (secondary N) is 1. The van der Waals surface area contributed by atoms with E-state index in [2.05, 4.69) is 5.32 Å². The van der Waals surface area contributed by atoms with Gasteiger partial charge in [-0.05, 0) is 24.6 Å². The maximum absolute atomic E-state index is 13.2. The van der Waals surface area contributed by atoms with Crippen LogP contribution in [0.5, 0.6) is 0 Å². The predicted molar refractivity (Wildman–Crippen MR) is 91.1 cm³/mol. The van der Waals surface area contributed by atoms with Gasteiger partial charge in [-0.2, -0.15) is 0 Å². The number of rotatable bonds is 7. The van der Waals surface area contributed by atoms with E-state index in [4.69, 9.17) is 4.74 Å². The SMILES string of the molecule is CCOC(=O)C(Cc1ccccc1)NC(=O)c1ccc(F)cc1[N+](=O)[O-]. The fourth-order valence-corrected chi connectivity index (χ4v) is 2.37. The molecule has 2 aromatic carbocycles. The zero-order chi connectivity index (χ0) is 19.1. The predicted octanol–water partition coefficient (Wildman–Crippen LogP) is 2.64. The fourth-order valence-electron chi connectivity index (χ4n) is 2.37. The van der Waals surface area contributed by atoms with Crippen LogP contribution in [0.2, 0.25) is 0 Å². The molecule has 0 spiro atoms. The summed E-state index contributed by atoms with van der Waals surface area (Å²) in [5.41, 5.74) is -0.233. The Morgan fingerprint density at radius 2 is 1.92 bits per heavy atom. The van der Waals surface area contributed by atoms with Crippen molar-refractivity contribution in [3.05, 3.63) is 75.6 Å². The summed E-state index contributed by atoms with van der Waals surface area (Å²) in [6.07, 6.45) is 0.153. The Morgan fingerprint density at radius 3 is 2.54 bits per heavy atom. The third-order valence-corrected chi connectivity index (χ3v) is 3.56. The smallest absolute Gasteiger partial charge is 0.328 e. The number of nitro groups is 1. The van der Waals surface area contributed by atoms with Gasteiger partial charge >= 0.3 is 5.97 Å². The summed E-state index contributed by atoms with van der Waals surface area (Å²) in [6.45, 7) is 1.75. The lowest BCUT2D eigenvalue weighted by Crippen LogP contribution is -2.43. The van der Waals surface area contributed by atoms with Gasteiger partial charge in [0.15, 0.2) is 0 Å². The Hall–Kier alpha value is -3.29. The molecule has 2 rings (SSSR count). The van der Waals surface area contributed by atoms with Gasteiger partial charge in [-0.15, -0.1) is 0 Å². The molecule has 0 heterocycles. The van der Waals surface area contributed by atoms with Crippen LogP contribution in [-0.2, 0) is 16.0 Å². The first kappa shape index (κ1) is 19.0. The molecule has 1 unspecified atom stereocenters. The standard InChI is InChI=1S/C18H17FN2O5/c1-2-26-18(23)15(10-12-6-4-3-5-7-12)20-17(22)14-9-8-13(19)11-16(14)21(24)25/h3-9,11,15H,2,10H2,1H3,(H,20,22). The number of nitrogens with zero attached hydrogens (tertiary/aromatic N) is 1. The molecule has 8 heteroatoms. The molecule has 1 amide bonds. The number of halogens is 1. The topological polar surface area (TPSA) is 98.5 Å². The maximum Gasteiger partial charge on any atom is 0.328 e. The van der Waals surface area contributed by atoms with Crippen LogP contribution in [0.1, 0.15) is 22.8 Å². The summed E-state index contributed by atoms with van der Waals surface area (Å²) < 4.78 is 18.2. The molecular weight excluding hydrogens is 343 g/mol. The van der Waals surface area contributed by atoms with Crippen molar-refractivity contribution in [1.29, 1.82) is 0 Å². The van der Waals surface area contributed by atoms with Gasteiger partial charge < -0.3 is 10.1 Å². The van der Waals surface area contributed by atoms with Crippen molar-refractivity contribution in [2.75, 3.05) is 6.61 Å². The highest BCUT2D eigenvalue weighted by molar-refractivity contribution is 6.00. The monoisotopic (exact) mass is 360 g/mol. The molecule has 1 N–H and O–H groups in total. The van der Waals surface area contributed by atoms with E-state index in [9.17, 15) is 24.1 Å². The fraction of sp³-hybridized carbons (Fsp3) is 0.222. The molecular formula is C18H17FN2O5. The molecule has 0 saturated carbocycles. The summed E-state index contributed by atoms with van der Waals surface area (Å²) >= 11 is 0. The van der Waals surface area contributed by atoms with Gasteiger partial charge in [-0.3, -0.25) is 14.9 Å². The molecule has 0 bridgehead atoms. The van der Waals surface area contributed by atoms with Crippen molar-refractivity contribution < 1.29 is 23.6 Å². The van der Waals surface area contributed by atoms with Crippen molar-refractivity contribution in [2.24, 2.45) is 0 Å². The first-order valence-corrected chi connectivity index (χ1v) is 7.87.